The fourth-order valence-electron chi connectivity index (χ4n) is 2.10. The summed E-state index contributed by atoms with van der Waals surface area (Å²) in [6.07, 6.45) is 0. The zero-order chi connectivity index (χ0) is 14.5. The lowest BCUT2D eigenvalue weighted by molar-refractivity contribution is 0.414. The van der Waals surface area contributed by atoms with E-state index in [0.29, 0.717) is 6.04 Å². The number of methoxy groups -OCH3 is 1. The maximum Gasteiger partial charge on any atom is 0.118 e. The topological polar surface area (TPSA) is 21.3 Å². The quantitative estimate of drug-likeness (QED) is 0.862. The minimum absolute atomic E-state index is 0.310. The molecule has 2 aromatic carbocycles. The number of benzene rings is 2. The molecule has 106 valence electrons. The molecule has 3 heteroatoms. The van der Waals surface area contributed by atoms with Crippen molar-refractivity contribution in [1.82, 2.24) is 5.32 Å². The van der Waals surface area contributed by atoms with Gasteiger partial charge in [-0.1, -0.05) is 40.2 Å². The van der Waals surface area contributed by atoms with E-state index in [9.17, 15) is 0 Å². The molecule has 0 radical (unpaired) electrons. The second kappa shape index (κ2) is 6.91. The number of hydrogen-bond acceptors (Lipinski definition) is 2. The molecule has 0 bridgehead atoms. The van der Waals surface area contributed by atoms with E-state index in [0.717, 1.165) is 16.8 Å². The number of rotatable bonds is 5. The van der Waals surface area contributed by atoms with Gasteiger partial charge < -0.3 is 10.1 Å². The smallest absolute Gasteiger partial charge is 0.118 e. The first-order valence-corrected chi connectivity index (χ1v) is 7.52. The van der Waals surface area contributed by atoms with Gasteiger partial charge in [-0.3, -0.25) is 0 Å². The summed E-state index contributed by atoms with van der Waals surface area (Å²) in [4.78, 5) is 0. The molecule has 0 aliphatic carbocycles. The van der Waals surface area contributed by atoms with E-state index >= 15 is 0 Å². The maximum atomic E-state index is 5.18. The molecule has 2 aromatic rings. The number of aryl methyl sites for hydroxylation is 1. The maximum absolute atomic E-state index is 5.18. The lowest BCUT2D eigenvalue weighted by Gasteiger charge is -2.15. The first-order chi connectivity index (χ1) is 9.60. The van der Waals surface area contributed by atoms with Gasteiger partial charge in [0.25, 0.3) is 0 Å². The molecule has 0 aliphatic heterocycles. The molecule has 1 N–H and O–H groups in total. The predicted octanol–water partition coefficient (Wildman–Crippen LogP) is 4.62. The summed E-state index contributed by atoms with van der Waals surface area (Å²) in [5, 5.41) is 3.54. The van der Waals surface area contributed by atoms with E-state index in [2.05, 4.69) is 65.4 Å². The molecule has 0 spiro atoms. The Morgan fingerprint density at radius 2 is 1.85 bits per heavy atom. The zero-order valence-corrected chi connectivity index (χ0v) is 13.7. The minimum Gasteiger partial charge on any atom is -0.497 e. The molecule has 0 fully saturated rings. The molecular weight excluding hydrogens is 314 g/mol. The van der Waals surface area contributed by atoms with Gasteiger partial charge in [-0.05, 0) is 48.7 Å². The van der Waals surface area contributed by atoms with Crippen LogP contribution in [0.25, 0.3) is 0 Å². The van der Waals surface area contributed by atoms with Gasteiger partial charge >= 0.3 is 0 Å². The third-order valence-electron chi connectivity index (χ3n) is 3.45. The standard InChI is InChI=1S/C17H20BrNO/c1-12-10-14(4-9-17(12)18)11-19-13(2)15-5-7-16(20-3)8-6-15/h4-10,13,19H,11H2,1-3H3/t13-/m1/s1. The monoisotopic (exact) mass is 333 g/mol. The van der Waals surface area contributed by atoms with Gasteiger partial charge in [0.2, 0.25) is 0 Å². The van der Waals surface area contributed by atoms with Crippen LogP contribution < -0.4 is 10.1 Å². The molecule has 0 saturated carbocycles. The molecule has 2 nitrogen and oxygen atoms in total. The van der Waals surface area contributed by atoms with Crippen LogP contribution in [0.1, 0.15) is 29.7 Å². The van der Waals surface area contributed by atoms with Crippen LogP contribution in [0.4, 0.5) is 0 Å². The highest BCUT2D eigenvalue weighted by Crippen LogP contribution is 2.19. The normalized spacial score (nSPS) is 12.2. The minimum atomic E-state index is 0.310. The summed E-state index contributed by atoms with van der Waals surface area (Å²) in [5.41, 5.74) is 3.83. The molecule has 0 aliphatic rings. The molecule has 0 amide bonds. The van der Waals surface area contributed by atoms with Gasteiger partial charge in [-0.25, -0.2) is 0 Å². The SMILES string of the molecule is COc1ccc([C@@H](C)NCc2ccc(Br)c(C)c2)cc1. The van der Waals surface area contributed by atoms with Gasteiger partial charge in [0, 0.05) is 17.1 Å². The van der Waals surface area contributed by atoms with Gasteiger partial charge in [-0.2, -0.15) is 0 Å². The summed E-state index contributed by atoms with van der Waals surface area (Å²) < 4.78 is 6.33. The fourth-order valence-corrected chi connectivity index (χ4v) is 2.34. The second-order valence-corrected chi connectivity index (χ2v) is 5.81. The molecule has 2 rings (SSSR count). The van der Waals surface area contributed by atoms with E-state index in [1.54, 1.807) is 7.11 Å². The summed E-state index contributed by atoms with van der Waals surface area (Å²) >= 11 is 3.53. The average Bonchev–Trinajstić information content (AvgIpc) is 2.48. The van der Waals surface area contributed by atoms with Crippen molar-refractivity contribution >= 4 is 15.9 Å². The Morgan fingerprint density at radius 3 is 2.45 bits per heavy atom. The summed E-state index contributed by atoms with van der Waals surface area (Å²) in [5.74, 6) is 0.893. The lowest BCUT2D eigenvalue weighted by Crippen LogP contribution is -2.18. The molecular formula is C17H20BrNO. The van der Waals surface area contributed by atoms with Crippen molar-refractivity contribution in [1.29, 1.82) is 0 Å². The van der Waals surface area contributed by atoms with Crippen LogP contribution in [0.3, 0.4) is 0 Å². The van der Waals surface area contributed by atoms with Gasteiger partial charge in [0.15, 0.2) is 0 Å². The van der Waals surface area contributed by atoms with Crippen molar-refractivity contribution in [3.05, 3.63) is 63.6 Å². The van der Waals surface area contributed by atoms with Crippen molar-refractivity contribution in [2.45, 2.75) is 26.4 Å². The number of hydrogen-bond donors (Lipinski definition) is 1. The number of nitrogens with one attached hydrogen (secondary N) is 1. The summed E-state index contributed by atoms with van der Waals surface area (Å²) in [6.45, 7) is 5.15. The predicted molar refractivity (Wildman–Crippen MR) is 87.1 cm³/mol. The van der Waals surface area contributed by atoms with Crippen molar-refractivity contribution in [2.75, 3.05) is 7.11 Å². The van der Waals surface area contributed by atoms with E-state index < -0.39 is 0 Å². The third kappa shape index (κ3) is 3.84. The lowest BCUT2D eigenvalue weighted by atomic mass is 10.1. The van der Waals surface area contributed by atoms with Crippen LogP contribution >= 0.6 is 15.9 Å². The Hall–Kier alpha value is -1.32. The molecule has 0 saturated heterocycles. The van der Waals surface area contributed by atoms with Gasteiger partial charge in [0.1, 0.15) is 5.75 Å². The van der Waals surface area contributed by atoms with Crippen molar-refractivity contribution in [2.24, 2.45) is 0 Å². The highest BCUT2D eigenvalue weighted by Gasteiger charge is 2.05. The van der Waals surface area contributed by atoms with Crippen molar-refractivity contribution < 1.29 is 4.74 Å². The molecule has 20 heavy (non-hydrogen) atoms. The van der Waals surface area contributed by atoms with E-state index in [1.165, 1.54) is 16.7 Å². The van der Waals surface area contributed by atoms with Crippen molar-refractivity contribution in [3.63, 3.8) is 0 Å². The summed E-state index contributed by atoms with van der Waals surface area (Å²) in [6, 6.07) is 15.0. The van der Waals surface area contributed by atoms with E-state index in [1.807, 2.05) is 12.1 Å². The van der Waals surface area contributed by atoms with Crippen LogP contribution in [0, 0.1) is 6.92 Å². The Kier molecular flexibility index (Phi) is 5.21. The number of ether oxygens (including phenoxy) is 1. The molecule has 0 aromatic heterocycles. The average molecular weight is 334 g/mol. The second-order valence-electron chi connectivity index (χ2n) is 4.96. The highest BCUT2D eigenvalue weighted by atomic mass is 79.9. The van der Waals surface area contributed by atoms with Crippen LogP contribution in [-0.4, -0.2) is 7.11 Å². The van der Waals surface area contributed by atoms with E-state index in [4.69, 9.17) is 4.74 Å². The Morgan fingerprint density at radius 1 is 1.15 bits per heavy atom. The third-order valence-corrected chi connectivity index (χ3v) is 4.34. The van der Waals surface area contributed by atoms with Crippen LogP contribution in [-0.2, 0) is 6.54 Å². The molecule has 0 heterocycles. The van der Waals surface area contributed by atoms with Crippen LogP contribution in [0.5, 0.6) is 5.75 Å². The Balaban J connectivity index is 1.96. The summed E-state index contributed by atoms with van der Waals surface area (Å²) in [7, 11) is 1.69. The zero-order valence-electron chi connectivity index (χ0n) is 12.1. The van der Waals surface area contributed by atoms with Crippen LogP contribution in [0.2, 0.25) is 0 Å². The van der Waals surface area contributed by atoms with Crippen molar-refractivity contribution in [3.8, 4) is 5.75 Å². The highest BCUT2D eigenvalue weighted by molar-refractivity contribution is 9.10. The first-order valence-electron chi connectivity index (χ1n) is 6.72. The fraction of sp³-hybridized carbons (Fsp3) is 0.294. The van der Waals surface area contributed by atoms with E-state index in [-0.39, 0.29) is 0 Å². The first kappa shape index (κ1) is 15.1. The Bertz CT molecular complexity index is 566. The van der Waals surface area contributed by atoms with Gasteiger partial charge in [-0.15, -0.1) is 0 Å². The Labute approximate surface area is 129 Å². The largest absolute Gasteiger partial charge is 0.497 e. The van der Waals surface area contributed by atoms with Gasteiger partial charge in [0.05, 0.1) is 7.11 Å². The van der Waals surface area contributed by atoms with Crippen LogP contribution in [0.15, 0.2) is 46.9 Å². The molecule has 1 atom stereocenters. The number of halogens is 1. The molecule has 0 unspecified atom stereocenters.